The van der Waals surface area contributed by atoms with Crippen molar-refractivity contribution < 1.29 is 13.9 Å². The molecule has 1 aromatic rings. The van der Waals surface area contributed by atoms with Crippen molar-refractivity contribution in [1.82, 2.24) is 4.98 Å². The predicted octanol–water partition coefficient (Wildman–Crippen LogP) is 2.42. The summed E-state index contributed by atoms with van der Waals surface area (Å²) in [7, 11) is 0. The first kappa shape index (κ1) is 11.1. The summed E-state index contributed by atoms with van der Waals surface area (Å²) in [5.74, 6) is -0.901. The Bertz CT molecular complexity index is 315. The minimum atomic E-state index is -1.80. The van der Waals surface area contributed by atoms with Crippen LogP contribution in [-0.4, -0.2) is 17.6 Å². The predicted molar refractivity (Wildman–Crippen MR) is 52.4 cm³/mol. The van der Waals surface area contributed by atoms with E-state index in [0.717, 1.165) is 4.47 Å². The van der Waals surface area contributed by atoms with Crippen LogP contribution in [0.2, 0.25) is 0 Å². The highest BCUT2D eigenvalue weighted by Gasteiger charge is 2.21. The minimum absolute atomic E-state index is 0.0617. The lowest BCUT2D eigenvalue weighted by Crippen LogP contribution is -2.12. The van der Waals surface area contributed by atoms with E-state index in [1.807, 2.05) is 0 Å². The van der Waals surface area contributed by atoms with Crippen molar-refractivity contribution >= 4 is 21.9 Å². The highest BCUT2D eigenvalue weighted by molar-refractivity contribution is 9.10. The molecule has 0 saturated carbocycles. The van der Waals surface area contributed by atoms with Crippen molar-refractivity contribution in [3.05, 3.63) is 28.5 Å². The minimum Gasteiger partial charge on any atom is -0.464 e. The fourth-order valence-electron chi connectivity index (χ4n) is 0.873. The monoisotopic (exact) mass is 261 g/mol. The fourth-order valence-corrected chi connectivity index (χ4v) is 1.11. The molecular weight excluding hydrogens is 253 g/mol. The van der Waals surface area contributed by atoms with Crippen LogP contribution in [0.15, 0.2) is 22.8 Å². The topological polar surface area (TPSA) is 39.2 Å². The summed E-state index contributed by atoms with van der Waals surface area (Å²) >= 11 is 3.16. The molecule has 14 heavy (non-hydrogen) atoms. The van der Waals surface area contributed by atoms with E-state index in [-0.39, 0.29) is 12.3 Å². The second-order valence-corrected chi connectivity index (χ2v) is 3.43. The van der Waals surface area contributed by atoms with E-state index in [4.69, 9.17) is 0 Å². The van der Waals surface area contributed by atoms with E-state index >= 15 is 0 Å². The van der Waals surface area contributed by atoms with E-state index in [1.54, 1.807) is 13.0 Å². The quantitative estimate of drug-likeness (QED) is 0.785. The molecule has 0 aliphatic heterocycles. The van der Waals surface area contributed by atoms with Crippen molar-refractivity contribution in [3.8, 4) is 0 Å². The molecule has 0 radical (unpaired) electrons. The Kier molecular flexibility index (Phi) is 4.00. The Morgan fingerprint density at radius 3 is 2.93 bits per heavy atom. The molecule has 0 spiro atoms. The largest absolute Gasteiger partial charge is 0.464 e. The first-order valence-corrected chi connectivity index (χ1v) is 4.86. The third kappa shape index (κ3) is 2.77. The smallest absolute Gasteiger partial charge is 0.347 e. The molecule has 0 aromatic carbocycles. The molecule has 0 N–H and O–H groups in total. The molecule has 3 nitrogen and oxygen atoms in total. The molecule has 0 bridgehead atoms. The molecule has 0 amide bonds. The van der Waals surface area contributed by atoms with Gasteiger partial charge in [0, 0.05) is 10.7 Å². The third-order valence-corrected chi connectivity index (χ3v) is 1.97. The van der Waals surface area contributed by atoms with Gasteiger partial charge < -0.3 is 4.74 Å². The van der Waals surface area contributed by atoms with Crippen molar-refractivity contribution in [2.75, 3.05) is 6.61 Å². The fraction of sp³-hybridized carbons (Fsp3) is 0.333. The van der Waals surface area contributed by atoms with Crippen LogP contribution in [0.3, 0.4) is 0 Å². The number of esters is 1. The van der Waals surface area contributed by atoms with Gasteiger partial charge in [-0.3, -0.25) is 4.98 Å². The van der Waals surface area contributed by atoms with Crippen LogP contribution in [0.1, 0.15) is 18.8 Å². The van der Waals surface area contributed by atoms with Gasteiger partial charge >= 0.3 is 5.97 Å². The number of alkyl halides is 1. The molecule has 5 heteroatoms. The molecule has 76 valence electrons. The molecule has 0 saturated heterocycles. The van der Waals surface area contributed by atoms with Gasteiger partial charge in [-0.25, -0.2) is 9.18 Å². The zero-order chi connectivity index (χ0) is 10.6. The maximum atomic E-state index is 13.3. The Balaban J connectivity index is 2.73. The summed E-state index contributed by atoms with van der Waals surface area (Å²) in [4.78, 5) is 14.7. The van der Waals surface area contributed by atoms with Gasteiger partial charge in [0.2, 0.25) is 6.17 Å². The molecule has 1 rings (SSSR count). The number of ether oxygens (including phenoxy) is 1. The maximum Gasteiger partial charge on any atom is 0.347 e. The van der Waals surface area contributed by atoms with Crippen LogP contribution in [-0.2, 0) is 9.53 Å². The van der Waals surface area contributed by atoms with E-state index in [0.29, 0.717) is 0 Å². The van der Waals surface area contributed by atoms with Gasteiger partial charge in [-0.05, 0) is 35.0 Å². The Labute approximate surface area is 89.4 Å². The summed E-state index contributed by atoms with van der Waals surface area (Å²) in [6.07, 6.45) is -0.371. The maximum absolute atomic E-state index is 13.3. The van der Waals surface area contributed by atoms with Crippen LogP contribution in [0.25, 0.3) is 0 Å². The van der Waals surface area contributed by atoms with E-state index < -0.39 is 12.1 Å². The SMILES string of the molecule is CCOC(=O)C(F)c1ccc(Br)cn1. The molecule has 0 fully saturated rings. The number of rotatable bonds is 3. The molecule has 1 heterocycles. The lowest BCUT2D eigenvalue weighted by Gasteiger charge is -2.06. The molecule has 1 atom stereocenters. The lowest BCUT2D eigenvalue weighted by atomic mass is 10.2. The molecule has 0 aliphatic rings. The van der Waals surface area contributed by atoms with Crippen LogP contribution in [0, 0.1) is 0 Å². The van der Waals surface area contributed by atoms with Crippen molar-refractivity contribution in [3.63, 3.8) is 0 Å². The summed E-state index contributed by atoms with van der Waals surface area (Å²) in [6.45, 7) is 1.79. The number of carbonyl (C=O) groups is 1. The highest BCUT2D eigenvalue weighted by Crippen LogP contribution is 2.18. The van der Waals surface area contributed by atoms with Crippen molar-refractivity contribution in [2.45, 2.75) is 13.1 Å². The van der Waals surface area contributed by atoms with Crippen LogP contribution >= 0.6 is 15.9 Å². The van der Waals surface area contributed by atoms with E-state index in [2.05, 4.69) is 25.7 Å². The number of hydrogen-bond donors (Lipinski definition) is 0. The summed E-state index contributed by atoms with van der Waals surface area (Å²) in [6, 6.07) is 3.06. The third-order valence-electron chi connectivity index (χ3n) is 1.50. The van der Waals surface area contributed by atoms with Gasteiger partial charge in [-0.15, -0.1) is 0 Å². The number of hydrogen-bond acceptors (Lipinski definition) is 3. The number of carbonyl (C=O) groups excluding carboxylic acids is 1. The Morgan fingerprint density at radius 2 is 2.43 bits per heavy atom. The molecule has 1 unspecified atom stereocenters. The van der Waals surface area contributed by atoms with Gasteiger partial charge in [0.25, 0.3) is 0 Å². The highest BCUT2D eigenvalue weighted by atomic mass is 79.9. The van der Waals surface area contributed by atoms with Gasteiger partial charge in [0.15, 0.2) is 0 Å². The first-order chi connectivity index (χ1) is 6.65. The van der Waals surface area contributed by atoms with Gasteiger partial charge in [0.1, 0.15) is 0 Å². The second-order valence-electron chi connectivity index (χ2n) is 2.52. The standard InChI is InChI=1S/C9H9BrFNO2/c1-2-14-9(13)8(11)7-4-3-6(10)5-12-7/h3-5,8H,2H2,1H3. The molecule has 0 aliphatic carbocycles. The summed E-state index contributed by atoms with van der Waals surface area (Å²) in [5.41, 5.74) is 0.0617. The lowest BCUT2D eigenvalue weighted by molar-refractivity contribution is -0.149. The van der Waals surface area contributed by atoms with Gasteiger partial charge in [-0.2, -0.15) is 0 Å². The number of aromatic nitrogens is 1. The van der Waals surface area contributed by atoms with Crippen LogP contribution in [0.5, 0.6) is 0 Å². The number of nitrogens with zero attached hydrogens (tertiary/aromatic N) is 1. The molecular formula is C9H9BrFNO2. The molecule has 1 aromatic heterocycles. The number of halogens is 2. The van der Waals surface area contributed by atoms with Crippen molar-refractivity contribution in [2.24, 2.45) is 0 Å². The normalized spacial score (nSPS) is 12.2. The average molecular weight is 262 g/mol. The summed E-state index contributed by atoms with van der Waals surface area (Å²) < 4.78 is 18.6. The average Bonchev–Trinajstić information content (AvgIpc) is 2.18. The van der Waals surface area contributed by atoms with Crippen LogP contribution in [0.4, 0.5) is 4.39 Å². The van der Waals surface area contributed by atoms with Gasteiger partial charge in [-0.1, -0.05) is 0 Å². The van der Waals surface area contributed by atoms with Crippen molar-refractivity contribution in [1.29, 1.82) is 0 Å². The first-order valence-electron chi connectivity index (χ1n) is 4.07. The van der Waals surface area contributed by atoms with E-state index in [1.165, 1.54) is 12.3 Å². The zero-order valence-electron chi connectivity index (χ0n) is 7.54. The Hall–Kier alpha value is -0.970. The van der Waals surface area contributed by atoms with Gasteiger partial charge in [0.05, 0.1) is 12.3 Å². The van der Waals surface area contributed by atoms with E-state index in [9.17, 15) is 9.18 Å². The number of pyridine rings is 1. The summed E-state index contributed by atoms with van der Waals surface area (Å²) in [5, 5.41) is 0. The van der Waals surface area contributed by atoms with Crippen LogP contribution < -0.4 is 0 Å². The zero-order valence-corrected chi connectivity index (χ0v) is 9.12. The Morgan fingerprint density at radius 1 is 1.71 bits per heavy atom. The second kappa shape index (κ2) is 5.05.